The number of carbonyl (C=O) groups is 2. The fraction of sp³-hybridized carbons (Fsp3) is 0.294. The minimum Gasteiger partial charge on any atom is -0.352 e. The molecule has 1 aromatic carbocycles. The van der Waals surface area contributed by atoms with Gasteiger partial charge in [-0.1, -0.05) is 12.1 Å². The third-order valence-electron chi connectivity index (χ3n) is 3.76. The van der Waals surface area contributed by atoms with Gasteiger partial charge in [-0.15, -0.1) is 0 Å². The molecule has 2 heterocycles. The first-order chi connectivity index (χ1) is 10.7. The van der Waals surface area contributed by atoms with Crippen LogP contribution in [0.2, 0.25) is 0 Å². The maximum Gasteiger partial charge on any atom is 0.227 e. The van der Waals surface area contributed by atoms with Crippen molar-refractivity contribution in [3.8, 4) is 0 Å². The number of amides is 2. The molecule has 0 bridgehead atoms. The highest BCUT2D eigenvalue weighted by Gasteiger charge is 2.21. The second kappa shape index (κ2) is 6.75. The van der Waals surface area contributed by atoms with Gasteiger partial charge in [0, 0.05) is 25.2 Å². The predicted octanol–water partition coefficient (Wildman–Crippen LogP) is 2.73. The van der Waals surface area contributed by atoms with E-state index < -0.39 is 0 Å². The van der Waals surface area contributed by atoms with Crippen LogP contribution in [0, 0.1) is 0 Å². The zero-order chi connectivity index (χ0) is 15.4. The van der Waals surface area contributed by atoms with Crippen LogP contribution in [0.5, 0.6) is 0 Å². The van der Waals surface area contributed by atoms with E-state index in [1.54, 1.807) is 11.3 Å². The van der Waals surface area contributed by atoms with Gasteiger partial charge in [-0.25, -0.2) is 0 Å². The van der Waals surface area contributed by atoms with Gasteiger partial charge in [0.15, 0.2) is 0 Å². The van der Waals surface area contributed by atoms with Gasteiger partial charge in [0.25, 0.3) is 0 Å². The molecule has 0 atom stereocenters. The average Bonchev–Trinajstić information content (AvgIpc) is 3.17. The lowest BCUT2D eigenvalue weighted by atomic mass is 10.2. The molecule has 22 heavy (non-hydrogen) atoms. The summed E-state index contributed by atoms with van der Waals surface area (Å²) in [5.74, 6) is 0.217. The van der Waals surface area contributed by atoms with Crippen molar-refractivity contribution in [1.29, 1.82) is 0 Å². The Kier molecular flexibility index (Phi) is 4.53. The third kappa shape index (κ3) is 3.54. The molecule has 1 aromatic heterocycles. The van der Waals surface area contributed by atoms with Gasteiger partial charge in [0.05, 0.1) is 6.42 Å². The molecular formula is C17H18N2O2S. The first-order valence-electron chi connectivity index (χ1n) is 7.39. The molecule has 2 aromatic rings. The molecule has 1 aliphatic heterocycles. The minimum absolute atomic E-state index is 0.0252. The summed E-state index contributed by atoms with van der Waals surface area (Å²) in [7, 11) is 0. The van der Waals surface area contributed by atoms with Crippen molar-refractivity contribution in [2.24, 2.45) is 0 Å². The Hall–Kier alpha value is -2.14. The fourth-order valence-corrected chi connectivity index (χ4v) is 3.23. The van der Waals surface area contributed by atoms with Crippen LogP contribution in [-0.4, -0.2) is 18.4 Å². The van der Waals surface area contributed by atoms with Crippen molar-refractivity contribution in [1.82, 2.24) is 5.32 Å². The van der Waals surface area contributed by atoms with Gasteiger partial charge in [-0.05, 0) is 46.5 Å². The maximum atomic E-state index is 11.8. The summed E-state index contributed by atoms with van der Waals surface area (Å²) in [6.45, 7) is 1.31. The lowest BCUT2D eigenvalue weighted by molar-refractivity contribution is -0.120. The van der Waals surface area contributed by atoms with Gasteiger partial charge in [0.1, 0.15) is 0 Å². The van der Waals surface area contributed by atoms with E-state index in [4.69, 9.17) is 0 Å². The number of anilines is 1. The Labute approximate surface area is 133 Å². The highest BCUT2D eigenvalue weighted by molar-refractivity contribution is 7.08. The summed E-state index contributed by atoms with van der Waals surface area (Å²) in [5, 5.41) is 6.88. The van der Waals surface area contributed by atoms with Crippen LogP contribution in [0.15, 0.2) is 41.1 Å². The first kappa shape index (κ1) is 14.8. The number of rotatable bonds is 5. The van der Waals surface area contributed by atoms with E-state index in [9.17, 15) is 9.59 Å². The van der Waals surface area contributed by atoms with Gasteiger partial charge >= 0.3 is 0 Å². The molecule has 4 nitrogen and oxygen atoms in total. The monoisotopic (exact) mass is 314 g/mol. The standard InChI is InChI=1S/C17H18N2O2S/c20-16(10-14-7-9-22-12-14)18-11-13-3-5-15(6-4-13)19-8-1-2-17(19)21/h3-7,9,12H,1-2,8,10-11H2,(H,18,20). The molecule has 3 rings (SSSR count). The van der Waals surface area contributed by atoms with Crippen LogP contribution in [0.25, 0.3) is 0 Å². The van der Waals surface area contributed by atoms with E-state index in [1.807, 2.05) is 46.0 Å². The fourth-order valence-electron chi connectivity index (χ4n) is 2.56. The lowest BCUT2D eigenvalue weighted by Crippen LogP contribution is -2.25. The van der Waals surface area contributed by atoms with Gasteiger partial charge in [-0.2, -0.15) is 11.3 Å². The summed E-state index contributed by atoms with van der Waals surface area (Å²) in [4.78, 5) is 25.4. The number of benzene rings is 1. The first-order valence-corrected chi connectivity index (χ1v) is 8.34. The molecule has 0 aliphatic carbocycles. The lowest BCUT2D eigenvalue weighted by Gasteiger charge is -2.16. The smallest absolute Gasteiger partial charge is 0.227 e. The van der Waals surface area contributed by atoms with E-state index in [1.165, 1.54) is 0 Å². The second-order valence-corrected chi connectivity index (χ2v) is 6.18. The summed E-state index contributed by atoms with van der Waals surface area (Å²) in [6, 6.07) is 9.79. The molecule has 0 radical (unpaired) electrons. The van der Waals surface area contributed by atoms with E-state index in [2.05, 4.69) is 5.32 Å². The third-order valence-corrected chi connectivity index (χ3v) is 4.49. The Morgan fingerprint density at radius 1 is 1.18 bits per heavy atom. The molecule has 0 spiro atoms. The van der Waals surface area contributed by atoms with Crippen molar-refractivity contribution in [2.45, 2.75) is 25.8 Å². The number of thiophene rings is 1. The highest BCUT2D eigenvalue weighted by Crippen LogP contribution is 2.21. The van der Waals surface area contributed by atoms with Crippen LogP contribution in [-0.2, 0) is 22.6 Å². The van der Waals surface area contributed by atoms with Gasteiger partial charge < -0.3 is 10.2 Å². The number of hydrogen-bond donors (Lipinski definition) is 1. The van der Waals surface area contributed by atoms with Crippen molar-refractivity contribution in [3.05, 3.63) is 52.2 Å². The quantitative estimate of drug-likeness (QED) is 0.922. The highest BCUT2D eigenvalue weighted by atomic mass is 32.1. The SMILES string of the molecule is O=C(Cc1ccsc1)NCc1ccc(N2CCCC2=O)cc1. The van der Waals surface area contributed by atoms with Crippen LogP contribution in [0.3, 0.4) is 0 Å². The van der Waals surface area contributed by atoms with Crippen LogP contribution >= 0.6 is 11.3 Å². The molecule has 114 valence electrons. The maximum absolute atomic E-state index is 11.8. The zero-order valence-electron chi connectivity index (χ0n) is 12.2. The van der Waals surface area contributed by atoms with Gasteiger partial charge in [-0.3, -0.25) is 9.59 Å². The molecule has 1 fully saturated rings. The predicted molar refractivity (Wildman–Crippen MR) is 87.9 cm³/mol. The van der Waals surface area contributed by atoms with E-state index in [0.29, 0.717) is 19.4 Å². The van der Waals surface area contributed by atoms with E-state index >= 15 is 0 Å². The van der Waals surface area contributed by atoms with E-state index in [0.717, 1.165) is 29.8 Å². The molecule has 1 N–H and O–H groups in total. The molecule has 5 heteroatoms. The van der Waals surface area contributed by atoms with Crippen molar-refractivity contribution < 1.29 is 9.59 Å². The summed E-state index contributed by atoms with van der Waals surface area (Å²) < 4.78 is 0. The van der Waals surface area contributed by atoms with Crippen LogP contribution in [0.1, 0.15) is 24.0 Å². The summed E-state index contributed by atoms with van der Waals surface area (Å²) in [5.41, 5.74) is 3.02. The summed E-state index contributed by atoms with van der Waals surface area (Å²) >= 11 is 1.60. The van der Waals surface area contributed by atoms with Gasteiger partial charge in [0.2, 0.25) is 11.8 Å². The number of carbonyl (C=O) groups excluding carboxylic acids is 2. The average molecular weight is 314 g/mol. The van der Waals surface area contributed by atoms with Crippen molar-refractivity contribution in [2.75, 3.05) is 11.4 Å². The Morgan fingerprint density at radius 2 is 2.00 bits per heavy atom. The zero-order valence-corrected chi connectivity index (χ0v) is 13.1. The molecule has 1 aliphatic rings. The Balaban J connectivity index is 1.52. The minimum atomic E-state index is 0.0252. The number of hydrogen-bond acceptors (Lipinski definition) is 3. The van der Waals surface area contributed by atoms with E-state index in [-0.39, 0.29) is 11.8 Å². The number of nitrogens with one attached hydrogen (secondary N) is 1. The largest absolute Gasteiger partial charge is 0.352 e. The molecule has 0 unspecified atom stereocenters. The Bertz CT molecular complexity index is 650. The van der Waals surface area contributed by atoms with Crippen molar-refractivity contribution >= 4 is 28.8 Å². The van der Waals surface area contributed by atoms with Crippen LogP contribution in [0.4, 0.5) is 5.69 Å². The molecule has 2 amide bonds. The van der Waals surface area contributed by atoms with Crippen LogP contribution < -0.4 is 10.2 Å². The Morgan fingerprint density at radius 3 is 2.64 bits per heavy atom. The second-order valence-electron chi connectivity index (χ2n) is 5.40. The normalized spacial score (nSPS) is 14.4. The topological polar surface area (TPSA) is 49.4 Å². The van der Waals surface area contributed by atoms with Crippen molar-refractivity contribution in [3.63, 3.8) is 0 Å². The molecule has 0 saturated carbocycles. The molecular weight excluding hydrogens is 296 g/mol. The number of nitrogens with zero attached hydrogens (tertiary/aromatic N) is 1. The molecule has 1 saturated heterocycles. The summed E-state index contributed by atoms with van der Waals surface area (Å²) in [6.07, 6.45) is 1.99.